The van der Waals surface area contributed by atoms with Crippen molar-refractivity contribution in [1.82, 2.24) is 0 Å². The SMILES string of the molecule is CCCCC/C=C\C/C=C\C/C=C\CCCCC(=O)OC[C@@H](COC(=O)CCCCCCCCCCCCC)OC(=O)CCCCCCCCCCCCCCCCC. The van der Waals surface area contributed by atoms with E-state index in [-0.39, 0.29) is 31.1 Å². The fraction of sp³-hybridized carbons (Fsp3) is 0.830. The van der Waals surface area contributed by atoms with Gasteiger partial charge >= 0.3 is 17.9 Å². The van der Waals surface area contributed by atoms with Gasteiger partial charge in [0.1, 0.15) is 13.2 Å². The number of unbranched alkanes of at least 4 members (excludes halogenated alkanes) is 29. The van der Waals surface area contributed by atoms with E-state index in [1.165, 1.54) is 154 Å². The minimum atomic E-state index is -0.781. The molecule has 0 aliphatic rings. The molecule has 0 aliphatic carbocycles. The topological polar surface area (TPSA) is 78.9 Å². The largest absolute Gasteiger partial charge is 0.462 e. The lowest BCUT2D eigenvalue weighted by atomic mass is 10.0. The Morgan fingerprint density at radius 1 is 0.339 bits per heavy atom. The van der Waals surface area contributed by atoms with Crippen molar-refractivity contribution in [2.24, 2.45) is 0 Å². The van der Waals surface area contributed by atoms with Gasteiger partial charge in [0.15, 0.2) is 6.10 Å². The highest BCUT2D eigenvalue weighted by atomic mass is 16.6. The standard InChI is InChI=1S/C53H96O6/c1-4-7-10-13-16-19-22-24-26-28-31-34-37-40-43-46-52(55)58-49-50(48-57-51(54)45-42-39-36-33-30-21-18-15-12-9-6-3)59-53(56)47-44-41-38-35-32-29-27-25-23-20-17-14-11-8-5-2/h16,19,24,26,31,34,50H,4-15,17-18,20-23,25,27-30,32-33,35-49H2,1-3H3/b19-16-,26-24-,34-31-/t50-/m1/s1. The second-order valence-electron chi connectivity index (χ2n) is 17.1. The molecule has 0 aromatic carbocycles. The molecule has 0 N–H and O–H groups in total. The van der Waals surface area contributed by atoms with Gasteiger partial charge < -0.3 is 14.2 Å². The van der Waals surface area contributed by atoms with Gasteiger partial charge in [-0.1, -0.05) is 224 Å². The number of allylic oxidation sites excluding steroid dienone is 6. The van der Waals surface area contributed by atoms with E-state index in [2.05, 4.69) is 57.2 Å². The second-order valence-corrected chi connectivity index (χ2v) is 17.1. The Kier molecular flexibility index (Phi) is 46.4. The van der Waals surface area contributed by atoms with Gasteiger partial charge in [-0.05, 0) is 57.8 Å². The Balaban J connectivity index is 4.40. The van der Waals surface area contributed by atoms with Gasteiger partial charge in [0.25, 0.3) is 0 Å². The molecule has 0 spiro atoms. The van der Waals surface area contributed by atoms with E-state index in [0.717, 1.165) is 70.6 Å². The molecule has 1 atom stereocenters. The van der Waals surface area contributed by atoms with Crippen LogP contribution in [0.15, 0.2) is 36.5 Å². The zero-order valence-corrected chi connectivity index (χ0v) is 39.3. The molecule has 0 aliphatic heterocycles. The minimum Gasteiger partial charge on any atom is -0.462 e. The fourth-order valence-corrected chi connectivity index (χ4v) is 7.27. The molecule has 6 nitrogen and oxygen atoms in total. The van der Waals surface area contributed by atoms with Crippen molar-refractivity contribution in [2.75, 3.05) is 13.2 Å². The molecule has 0 fully saturated rings. The summed E-state index contributed by atoms with van der Waals surface area (Å²) in [5.41, 5.74) is 0. The Labute approximate surface area is 365 Å². The minimum absolute atomic E-state index is 0.0801. The van der Waals surface area contributed by atoms with E-state index in [0.29, 0.717) is 19.3 Å². The molecule has 0 saturated heterocycles. The summed E-state index contributed by atoms with van der Waals surface area (Å²) in [6.45, 7) is 6.59. The van der Waals surface area contributed by atoms with E-state index >= 15 is 0 Å². The van der Waals surface area contributed by atoms with Crippen LogP contribution in [0.25, 0.3) is 0 Å². The van der Waals surface area contributed by atoms with Crippen LogP contribution in [0.2, 0.25) is 0 Å². The first-order chi connectivity index (χ1) is 29.0. The van der Waals surface area contributed by atoms with Crippen LogP contribution in [-0.4, -0.2) is 37.2 Å². The number of hydrogen-bond acceptors (Lipinski definition) is 6. The Hall–Kier alpha value is -2.37. The summed E-state index contributed by atoms with van der Waals surface area (Å²) in [5.74, 6) is -0.910. The lowest BCUT2D eigenvalue weighted by Crippen LogP contribution is -2.30. The zero-order valence-electron chi connectivity index (χ0n) is 39.3. The Morgan fingerprint density at radius 2 is 0.610 bits per heavy atom. The van der Waals surface area contributed by atoms with Crippen molar-refractivity contribution in [1.29, 1.82) is 0 Å². The maximum Gasteiger partial charge on any atom is 0.306 e. The van der Waals surface area contributed by atoms with Crippen LogP contribution in [-0.2, 0) is 28.6 Å². The summed E-state index contributed by atoms with van der Waals surface area (Å²) in [6.07, 6.45) is 55.5. The third kappa shape index (κ3) is 46.5. The molecular weight excluding hydrogens is 733 g/mol. The van der Waals surface area contributed by atoms with Crippen LogP contribution < -0.4 is 0 Å². The molecule has 59 heavy (non-hydrogen) atoms. The lowest BCUT2D eigenvalue weighted by molar-refractivity contribution is -0.167. The number of ether oxygens (including phenoxy) is 3. The van der Waals surface area contributed by atoms with Crippen LogP contribution in [0.1, 0.15) is 265 Å². The highest BCUT2D eigenvalue weighted by molar-refractivity contribution is 5.71. The highest BCUT2D eigenvalue weighted by Gasteiger charge is 2.19. The zero-order chi connectivity index (χ0) is 43.0. The number of esters is 3. The number of carbonyl (C=O) groups excluding carboxylic acids is 3. The van der Waals surface area contributed by atoms with Crippen LogP contribution in [0.3, 0.4) is 0 Å². The van der Waals surface area contributed by atoms with Crippen LogP contribution >= 0.6 is 0 Å². The molecule has 0 heterocycles. The van der Waals surface area contributed by atoms with Crippen molar-refractivity contribution in [3.8, 4) is 0 Å². The number of carbonyl (C=O) groups is 3. The molecule has 6 heteroatoms. The summed E-state index contributed by atoms with van der Waals surface area (Å²) in [5, 5.41) is 0. The molecule has 0 rings (SSSR count). The van der Waals surface area contributed by atoms with E-state index in [4.69, 9.17) is 14.2 Å². The Morgan fingerprint density at radius 3 is 0.983 bits per heavy atom. The van der Waals surface area contributed by atoms with Gasteiger partial charge in [-0.2, -0.15) is 0 Å². The molecule has 0 aromatic rings. The first-order valence-corrected chi connectivity index (χ1v) is 25.5. The molecule has 0 bridgehead atoms. The third-order valence-corrected chi connectivity index (χ3v) is 11.1. The van der Waals surface area contributed by atoms with Crippen LogP contribution in [0, 0.1) is 0 Å². The van der Waals surface area contributed by atoms with Gasteiger partial charge in [0.2, 0.25) is 0 Å². The maximum atomic E-state index is 12.8. The fourth-order valence-electron chi connectivity index (χ4n) is 7.27. The summed E-state index contributed by atoms with van der Waals surface area (Å²) in [6, 6.07) is 0. The monoisotopic (exact) mass is 829 g/mol. The van der Waals surface area contributed by atoms with E-state index < -0.39 is 6.10 Å². The van der Waals surface area contributed by atoms with Gasteiger partial charge in [-0.25, -0.2) is 0 Å². The van der Waals surface area contributed by atoms with E-state index in [1.807, 2.05) is 0 Å². The molecule has 0 saturated carbocycles. The van der Waals surface area contributed by atoms with Crippen molar-refractivity contribution < 1.29 is 28.6 Å². The first-order valence-electron chi connectivity index (χ1n) is 25.5. The van der Waals surface area contributed by atoms with Crippen LogP contribution in [0.5, 0.6) is 0 Å². The molecule has 0 radical (unpaired) electrons. The summed E-state index contributed by atoms with van der Waals surface area (Å²) in [7, 11) is 0. The lowest BCUT2D eigenvalue weighted by Gasteiger charge is -2.18. The Bertz CT molecular complexity index is 1000. The van der Waals surface area contributed by atoms with Crippen molar-refractivity contribution in [2.45, 2.75) is 271 Å². The highest BCUT2D eigenvalue weighted by Crippen LogP contribution is 2.16. The van der Waals surface area contributed by atoms with E-state index in [1.54, 1.807) is 0 Å². The average molecular weight is 829 g/mol. The van der Waals surface area contributed by atoms with Gasteiger partial charge in [-0.3, -0.25) is 14.4 Å². The number of hydrogen-bond donors (Lipinski definition) is 0. The quantitative estimate of drug-likeness (QED) is 0.0263. The van der Waals surface area contributed by atoms with Crippen molar-refractivity contribution in [3.05, 3.63) is 36.5 Å². The maximum absolute atomic E-state index is 12.8. The molecule has 0 amide bonds. The first kappa shape index (κ1) is 56.6. The number of rotatable bonds is 46. The second kappa shape index (κ2) is 48.3. The smallest absolute Gasteiger partial charge is 0.306 e. The normalized spacial score (nSPS) is 12.3. The predicted molar refractivity (Wildman–Crippen MR) is 252 cm³/mol. The van der Waals surface area contributed by atoms with Gasteiger partial charge in [0.05, 0.1) is 0 Å². The van der Waals surface area contributed by atoms with Crippen molar-refractivity contribution >= 4 is 17.9 Å². The van der Waals surface area contributed by atoms with Gasteiger partial charge in [-0.15, -0.1) is 0 Å². The summed E-state index contributed by atoms with van der Waals surface area (Å²) >= 11 is 0. The van der Waals surface area contributed by atoms with Crippen LogP contribution in [0.4, 0.5) is 0 Å². The van der Waals surface area contributed by atoms with Gasteiger partial charge in [0, 0.05) is 19.3 Å². The van der Waals surface area contributed by atoms with Crippen molar-refractivity contribution in [3.63, 3.8) is 0 Å². The predicted octanol–water partition coefficient (Wildman–Crippen LogP) is 16.5. The summed E-state index contributed by atoms with van der Waals surface area (Å²) < 4.78 is 16.7. The molecular formula is C53H96O6. The van der Waals surface area contributed by atoms with E-state index in [9.17, 15) is 14.4 Å². The third-order valence-electron chi connectivity index (χ3n) is 11.1. The molecule has 0 unspecified atom stereocenters. The summed E-state index contributed by atoms with van der Waals surface area (Å²) in [4.78, 5) is 37.9. The molecule has 344 valence electrons. The average Bonchev–Trinajstić information content (AvgIpc) is 3.23. The molecule has 0 aromatic heterocycles.